The molecule has 1 atom stereocenters. The Morgan fingerprint density at radius 1 is 1.44 bits per heavy atom. The number of nitriles is 1. The van der Waals surface area contributed by atoms with Gasteiger partial charge in [0, 0.05) is 0 Å². The minimum atomic E-state index is -4.79. The molecule has 1 unspecified atom stereocenters. The molecule has 0 bridgehead atoms. The van der Waals surface area contributed by atoms with E-state index in [1.807, 2.05) is 0 Å². The van der Waals surface area contributed by atoms with Gasteiger partial charge in [-0.25, -0.2) is 0 Å². The van der Waals surface area contributed by atoms with E-state index in [1.54, 1.807) is 13.0 Å². The molecule has 0 N–H and O–H groups in total. The first-order valence-corrected chi connectivity index (χ1v) is 4.46. The maximum atomic E-state index is 12.0. The first-order valence-electron chi connectivity index (χ1n) is 4.46. The van der Waals surface area contributed by atoms with Gasteiger partial charge >= 0.3 is 6.36 Å². The van der Waals surface area contributed by atoms with Crippen LogP contribution in [0, 0.1) is 18.3 Å². The molecule has 0 saturated carbocycles. The molecule has 1 rings (SSSR count). The van der Waals surface area contributed by atoms with Crippen molar-refractivity contribution in [3.63, 3.8) is 0 Å². The Bertz CT molecular complexity index is 418. The Kier molecular flexibility index (Phi) is 3.43. The first-order chi connectivity index (χ1) is 7.33. The van der Waals surface area contributed by atoms with Crippen LogP contribution in [0.5, 0.6) is 5.75 Å². The highest BCUT2D eigenvalue weighted by Gasteiger charge is 2.32. The summed E-state index contributed by atoms with van der Waals surface area (Å²) in [7, 11) is 0. The quantitative estimate of drug-likeness (QED) is 0.777. The van der Waals surface area contributed by atoms with E-state index in [0.29, 0.717) is 5.56 Å². The SMILES string of the molecule is [CH2]C(C)c1ccc(OC(F)(F)F)c(C#N)c1. The van der Waals surface area contributed by atoms with Crippen LogP contribution in [-0.2, 0) is 0 Å². The molecule has 2 nitrogen and oxygen atoms in total. The van der Waals surface area contributed by atoms with Gasteiger partial charge in [0.2, 0.25) is 0 Å². The molecule has 0 aliphatic carbocycles. The highest BCUT2D eigenvalue weighted by Crippen LogP contribution is 2.28. The molecule has 0 fully saturated rings. The number of halogens is 3. The first kappa shape index (κ1) is 12.4. The van der Waals surface area contributed by atoms with E-state index in [9.17, 15) is 13.2 Å². The molecule has 1 aromatic rings. The summed E-state index contributed by atoms with van der Waals surface area (Å²) in [5.41, 5.74) is 0.538. The smallest absolute Gasteiger partial charge is 0.404 e. The summed E-state index contributed by atoms with van der Waals surface area (Å²) in [4.78, 5) is 0. The summed E-state index contributed by atoms with van der Waals surface area (Å²) in [6.45, 7) is 5.49. The summed E-state index contributed by atoms with van der Waals surface area (Å²) >= 11 is 0. The zero-order chi connectivity index (χ0) is 12.3. The Morgan fingerprint density at radius 2 is 2.06 bits per heavy atom. The molecule has 0 aliphatic heterocycles. The van der Waals surface area contributed by atoms with Gasteiger partial charge in [0.1, 0.15) is 11.8 Å². The average molecular weight is 228 g/mol. The van der Waals surface area contributed by atoms with Crippen molar-refractivity contribution in [1.82, 2.24) is 0 Å². The number of nitrogens with zero attached hydrogens (tertiary/aromatic N) is 1. The fourth-order valence-electron chi connectivity index (χ4n) is 1.16. The predicted molar refractivity (Wildman–Crippen MR) is 51.6 cm³/mol. The fraction of sp³-hybridized carbons (Fsp3) is 0.273. The summed E-state index contributed by atoms with van der Waals surface area (Å²) in [5, 5.41) is 8.70. The number of hydrogen-bond acceptors (Lipinski definition) is 2. The Balaban J connectivity index is 3.09. The summed E-state index contributed by atoms with van der Waals surface area (Å²) < 4.78 is 39.6. The topological polar surface area (TPSA) is 33.0 Å². The molecular weight excluding hydrogens is 219 g/mol. The molecule has 0 saturated heterocycles. The third-order valence-electron chi connectivity index (χ3n) is 1.92. The van der Waals surface area contributed by atoms with Crippen molar-refractivity contribution in [1.29, 1.82) is 5.26 Å². The van der Waals surface area contributed by atoms with E-state index < -0.39 is 12.1 Å². The minimum absolute atomic E-state index is 0.105. The van der Waals surface area contributed by atoms with Crippen LogP contribution in [0.25, 0.3) is 0 Å². The van der Waals surface area contributed by atoms with Gasteiger partial charge in [-0.05, 0) is 30.5 Å². The molecule has 1 radical (unpaired) electrons. The van der Waals surface area contributed by atoms with Gasteiger partial charge in [0.15, 0.2) is 0 Å². The van der Waals surface area contributed by atoms with Crippen LogP contribution < -0.4 is 4.74 Å². The van der Waals surface area contributed by atoms with Crippen LogP contribution in [0.3, 0.4) is 0 Å². The number of ether oxygens (including phenoxy) is 1. The van der Waals surface area contributed by atoms with Crippen LogP contribution in [0.15, 0.2) is 18.2 Å². The van der Waals surface area contributed by atoms with E-state index in [0.717, 1.165) is 6.07 Å². The molecule has 5 heteroatoms. The second-order valence-corrected chi connectivity index (χ2v) is 3.32. The van der Waals surface area contributed by atoms with E-state index in [1.165, 1.54) is 12.1 Å². The number of benzene rings is 1. The average Bonchev–Trinajstić information content (AvgIpc) is 2.15. The third kappa shape index (κ3) is 3.16. The minimum Gasteiger partial charge on any atom is -0.404 e. The lowest BCUT2D eigenvalue weighted by Crippen LogP contribution is -2.17. The molecule has 85 valence electrons. The fourth-order valence-corrected chi connectivity index (χ4v) is 1.16. The van der Waals surface area contributed by atoms with Gasteiger partial charge in [-0.1, -0.05) is 13.0 Å². The van der Waals surface area contributed by atoms with E-state index >= 15 is 0 Å². The summed E-state index contributed by atoms with van der Waals surface area (Å²) in [6, 6.07) is 5.59. The standard InChI is InChI=1S/C11H9F3NO/c1-7(2)8-3-4-10(9(5-8)6-15)16-11(12,13)14/h3-5,7H,1H2,2H3. The highest BCUT2D eigenvalue weighted by molar-refractivity contribution is 5.46. The van der Waals surface area contributed by atoms with Crippen molar-refractivity contribution in [3.8, 4) is 11.8 Å². The molecular formula is C11H9F3NO. The van der Waals surface area contributed by atoms with Crippen molar-refractivity contribution in [2.24, 2.45) is 0 Å². The van der Waals surface area contributed by atoms with Crippen LogP contribution in [0.4, 0.5) is 13.2 Å². The number of alkyl halides is 3. The Hall–Kier alpha value is -1.70. The summed E-state index contributed by atoms with van der Waals surface area (Å²) in [6.07, 6.45) is -4.79. The highest BCUT2D eigenvalue weighted by atomic mass is 19.4. The second-order valence-electron chi connectivity index (χ2n) is 3.32. The van der Waals surface area contributed by atoms with E-state index in [-0.39, 0.29) is 11.5 Å². The van der Waals surface area contributed by atoms with Gasteiger partial charge in [0.25, 0.3) is 0 Å². The number of hydrogen-bond donors (Lipinski definition) is 0. The molecule has 0 heterocycles. The van der Waals surface area contributed by atoms with Crippen LogP contribution >= 0.6 is 0 Å². The van der Waals surface area contributed by atoms with Gasteiger partial charge in [-0.3, -0.25) is 0 Å². The molecule has 0 amide bonds. The van der Waals surface area contributed by atoms with Crippen molar-refractivity contribution in [2.75, 3.05) is 0 Å². The van der Waals surface area contributed by atoms with Crippen molar-refractivity contribution in [3.05, 3.63) is 36.2 Å². The molecule has 0 spiro atoms. The summed E-state index contributed by atoms with van der Waals surface area (Å²) in [5.74, 6) is -0.591. The van der Waals surface area contributed by atoms with Crippen LogP contribution in [0.2, 0.25) is 0 Å². The lowest BCUT2D eigenvalue weighted by Gasteiger charge is -2.12. The molecule has 1 aromatic carbocycles. The monoisotopic (exact) mass is 228 g/mol. The third-order valence-corrected chi connectivity index (χ3v) is 1.92. The zero-order valence-corrected chi connectivity index (χ0v) is 8.51. The van der Waals surface area contributed by atoms with Crippen LogP contribution in [0.1, 0.15) is 24.0 Å². The van der Waals surface area contributed by atoms with Crippen molar-refractivity contribution in [2.45, 2.75) is 19.2 Å². The van der Waals surface area contributed by atoms with E-state index in [4.69, 9.17) is 5.26 Å². The van der Waals surface area contributed by atoms with Gasteiger partial charge in [0.05, 0.1) is 5.56 Å². The van der Waals surface area contributed by atoms with Crippen LogP contribution in [-0.4, -0.2) is 6.36 Å². The molecule has 16 heavy (non-hydrogen) atoms. The normalized spacial score (nSPS) is 11.3. The lowest BCUT2D eigenvalue weighted by atomic mass is 10.0. The van der Waals surface area contributed by atoms with Crippen molar-refractivity contribution < 1.29 is 17.9 Å². The maximum Gasteiger partial charge on any atom is 0.573 e. The van der Waals surface area contributed by atoms with Crippen molar-refractivity contribution >= 4 is 0 Å². The molecule has 0 aromatic heterocycles. The largest absolute Gasteiger partial charge is 0.573 e. The lowest BCUT2D eigenvalue weighted by molar-refractivity contribution is -0.274. The Morgan fingerprint density at radius 3 is 2.50 bits per heavy atom. The number of rotatable bonds is 2. The second kappa shape index (κ2) is 4.44. The predicted octanol–water partition coefficient (Wildman–Crippen LogP) is 3.39. The van der Waals surface area contributed by atoms with Gasteiger partial charge < -0.3 is 4.74 Å². The Labute approximate surface area is 91.3 Å². The van der Waals surface area contributed by atoms with Gasteiger partial charge in [-0.15, -0.1) is 13.2 Å². The zero-order valence-electron chi connectivity index (χ0n) is 8.51. The maximum absolute atomic E-state index is 12.0. The molecule has 0 aliphatic rings. The van der Waals surface area contributed by atoms with E-state index in [2.05, 4.69) is 11.7 Å². The van der Waals surface area contributed by atoms with Gasteiger partial charge in [-0.2, -0.15) is 5.26 Å².